The normalized spacial score (nSPS) is 17.8. The van der Waals surface area contributed by atoms with E-state index in [2.05, 4.69) is 4.98 Å². The van der Waals surface area contributed by atoms with Crippen LogP contribution in [0.15, 0.2) is 16.5 Å². The van der Waals surface area contributed by atoms with Gasteiger partial charge in [0.25, 0.3) is 0 Å². The average molecular weight is 270 g/mol. The number of benzene rings is 1. The van der Waals surface area contributed by atoms with Crippen molar-refractivity contribution in [3.8, 4) is 0 Å². The third kappa shape index (κ3) is 2.04. The van der Waals surface area contributed by atoms with Crippen LogP contribution in [0.3, 0.4) is 0 Å². The highest BCUT2D eigenvalue weighted by molar-refractivity contribution is 6.44. The van der Waals surface area contributed by atoms with Crippen molar-refractivity contribution in [1.29, 1.82) is 0 Å². The second kappa shape index (κ2) is 4.51. The molecule has 17 heavy (non-hydrogen) atoms. The van der Waals surface area contributed by atoms with E-state index in [1.165, 1.54) is 19.3 Å². The minimum absolute atomic E-state index is 0.450. The summed E-state index contributed by atoms with van der Waals surface area (Å²) in [5.74, 6) is 1.27. The lowest BCUT2D eigenvalue weighted by molar-refractivity contribution is 0.373. The zero-order chi connectivity index (χ0) is 11.8. The maximum Gasteiger partial charge on any atom is 0.198 e. The second-order valence-corrected chi connectivity index (χ2v) is 5.38. The van der Waals surface area contributed by atoms with E-state index in [-0.39, 0.29) is 0 Å². The number of hydrogen-bond acceptors (Lipinski definition) is 2. The maximum atomic E-state index is 6.11. The largest absolute Gasteiger partial charge is 0.439 e. The van der Waals surface area contributed by atoms with E-state index in [0.717, 1.165) is 24.2 Å². The second-order valence-electron chi connectivity index (χ2n) is 4.60. The smallest absolute Gasteiger partial charge is 0.198 e. The molecular weight excluding hydrogens is 257 g/mol. The number of oxazole rings is 1. The highest BCUT2D eigenvalue weighted by Crippen LogP contribution is 2.37. The third-order valence-electron chi connectivity index (χ3n) is 3.42. The van der Waals surface area contributed by atoms with Gasteiger partial charge in [-0.3, -0.25) is 0 Å². The lowest BCUT2D eigenvalue weighted by Gasteiger charge is -2.17. The Labute approximate surface area is 110 Å². The van der Waals surface area contributed by atoms with Gasteiger partial charge in [0.15, 0.2) is 11.5 Å². The molecule has 0 saturated heterocycles. The monoisotopic (exact) mass is 269 g/mol. The number of fused-ring (bicyclic) bond motifs is 1. The van der Waals surface area contributed by atoms with Crippen LogP contribution in [0.4, 0.5) is 0 Å². The molecule has 1 aliphatic carbocycles. The molecule has 0 spiro atoms. The summed E-state index contributed by atoms with van der Waals surface area (Å²) in [5, 5.41) is 0.990. The van der Waals surface area contributed by atoms with Crippen molar-refractivity contribution in [3.63, 3.8) is 0 Å². The van der Waals surface area contributed by atoms with E-state index in [1.54, 1.807) is 6.07 Å². The molecule has 1 fully saturated rings. The first-order valence-electron chi connectivity index (χ1n) is 6.00. The topological polar surface area (TPSA) is 26.0 Å². The molecule has 0 amide bonds. The van der Waals surface area contributed by atoms with Crippen LogP contribution in [-0.4, -0.2) is 4.98 Å². The van der Waals surface area contributed by atoms with Gasteiger partial charge in [-0.15, -0.1) is 0 Å². The number of rotatable bonds is 1. The van der Waals surface area contributed by atoms with Crippen LogP contribution in [0.25, 0.3) is 11.1 Å². The van der Waals surface area contributed by atoms with Crippen molar-refractivity contribution in [2.75, 3.05) is 0 Å². The standard InChI is InChI=1S/C13H13Cl2NO/c14-9-6-7-10-12(11(9)15)17-13(16-10)8-4-2-1-3-5-8/h6-8H,1-5H2. The Morgan fingerprint density at radius 2 is 1.88 bits per heavy atom. The van der Waals surface area contributed by atoms with E-state index in [9.17, 15) is 0 Å². The van der Waals surface area contributed by atoms with Gasteiger partial charge >= 0.3 is 0 Å². The van der Waals surface area contributed by atoms with Gasteiger partial charge in [0.1, 0.15) is 10.5 Å². The van der Waals surface area contributed by atoms with Gasteiger partial charge in [-0.25, -0.2) is 4.98 Å². The lowest BCUT2D eigenvalue weighted by atomic mass is 9.89. The summed E-state index contributed by atoms with van der Waals surface area (Å²) in [5.41, 5.74) is 1.43. The molecule has 0 bridgehead atoms. The third-order valence-corrected chi connectivity index (χ3v) is 4.21. The Bertz CT molecular complexity index is 544. The van der Waals surface area contributed by atoms with Crippen molar-refractivity contribution in [2.45, 2.75) is 38.0 Å². The zero-order valence-electron chi connectivity index (χ0n) is 9.38. The van der Waals surface area contributed by atoms with Crippen molar-refractivity contribution < 1.29 is 4.42 Å². The fourth-order valence-corrected chi connectivity index (χ4v) is 2.82. The molecule has 1 aromatic heterocycles. The van der Waals surface area contributed by atoms with Gasteiger partial charge in [0, 0.05) is 5.92 Å². The summed E-state index contributed by atoms with van der Waals surface area (Å²) < 4.78 is 5.79. The molecule has 2 nitrogen and oxygen atoms in total. The zero-order valence-corrected chi connectivity index (χ0v) is 10.9. The van der Waals surface area contributed by atoms with Crippen molar-refractivity contribution in [1.82, 2.24) is 4.98 Å². The molecular formula is C13H13Cl2NO. The number of hydrogen-bond donors (Lipinski definition) is 0. The Balaban J connectivity index is 2.04. The van der Waals surface area contributed by atoms with Crippen LogP contribution in [-0.2, 0) is 0 Å². The van der Waals surface area contributed by atoms with Gasteiger partial charge in [-0.2, -0.15) is 0 Å². The van der Waals surface area contributed by atoms with E-state index in [1.807, 2.05) is 6.07 Å². The minimum atomic E-state index is 0.450. The maximum absolute atomic E-state index is 6.11. The number of nitrogens with zero attached hydrogens (tertiary/aromatic N) is 1. The van der Waals surface area contributed by atoms with Gasteiger partial charge in [-0.05, 0) is 25.0 Å². The summed E-state index contributed by atoms with van der Waals surface area (Å²) in [6.07, 6.45) is 6.18. The first-order valence-corrected chi connectivity index (χ1v) is 6.76. The highest BCUT2D eigenvalue weighted by Gasteiger charge is 2.21. The molecule has 0 unspecified atom stereocenters. The summed E-state index contributed by atoms with van der Waals surface area (Å²) in [4.78, 5) is 4.53. The number of halogens is 2. The first-order chi connectivity index (χ1) is 8.25. The lowest BCUT2D eigenvalue weighted by Crippen LogP contribution is -2.04. The average Bonchev–Trinajstić information content (AvgIpc) is 2.80. The predicted molar refractivity (Wildman–Crippen MR) is 69.9 cm³/mol. The van der Waals surface area contributed by atoms with Crippen molar-refractivity contribution in [3.05, 3.63) is 28.1 Å². The van der Waals surface area contributed by atoms with E-state index < -0.39 is 0 Å². The predicted octanol–water partition coefficient (Wildman–Crippen LogP) is 5.18. The summed E-state index contributed by atoms with van der Waals surface area (Å²) in [6, 6.07) is 3.62. The molecule has 1 heterocycles. The fraction of sp³-hybridized carbons (Fsp3) is 0.462. The van der Waals surface area contributed by atoms with Crippen LogP contribution >= 0.6 is 23.2 Å². The van der Waals surface area contributed by atoms with Crippen LogP contribution in [0.1, 0.15) is 43.9 Å². The van der Waals surface area contributed by atoms with Gasteiger partial charge in [0.05, 0.1) is 5.02 Å². The summed E-state index contributed by atoms with van der Waals surface area (Å²) in [7, 11) is 0. The van der Waals surface area contributed by atoms with Gasteiger partial charge < -0.3 is 4.42 Å². The van der Waals surface area contributed by atoms with E-state index in [4.69, 9.17) is 27.6 Å². The summed E-state index contributed by atoms with van der Waals surface area (Å²) >= 11 is 12.1. The molecule has 1 saturated carbocycles. The molecule has 1 aromatic carbocycles. The van der Waals surface area contributed by atoms with Crippen LogP contribution in [0.5, 0.6) is 0 Å². The SMILES string of the molecule is Clc1ccc2nc(C3CCCCC3)oc2c1Cl. The van der Waals surface area contributed by atoms with Gasteiger partial charge in [-0.1, -0.05) is 42.5 Å². The molecule has 0 radical (unpaired) electrons. The summed E-state index contributed by atoms with van der Waals surface area (Å²) in [6.45, 7) is 0. The molecule has 90 valence electrons. The Kier molecular flexibility index (Phi) is 3.01. The van der Waals surface area contributed by atoms with E-state index >= 15 is 0 Å². The van der Waals surface area contributed by atoms with Crippen LogP contribution in [0, 0.1) is 0 Å². The fourth-order valence-electron chi connectivity index (χ4n) is 2.48. The molecule has 2 aromatic rings. The van der Waals surface area contributed by atoms with E-state index in [0.29, 0.717) is 21.5 Å². The molecule has 0 atom stereocenters. The Hall–Kier alpha value is -0.730. The first kappa shape index (κ1) is 11.4. The van der Waals surface area contributed by atoms with Crippen molar-refractivity contribution in [2.24, 2.45) is 0 Å². The molecule has 0 aliphatic heterocycles. The van der Waals surface area contributed by atoms with Crippen molar-refractivity contribution >= 4 is 34.3 Å². The molecule has 3 rings (SSSR count). The Morgan fingerprint density at radius 1 is 1.12 bits per heavy atom. The Morgan fingerprint density at radius 3 is 2.65 bits per heavy atom. The molecule has 0 N–H and O–H groups in total. The molecule has 4 heteroatoms. The number of aromatic nitrogens is 1. The quantitative estimate of drug-likeness (QED) is 0.713. The van der Waals surface area contributed by atoms with Crippen LogP contribution in [0.2, 0.25) is 10.0 Å². The van der Waals surface area contributed by atoms with Gasteiger partial charge in [0.2, 0.25) is 0 Å². The highest BCUT2D eigenvalue weighted by atomic mass is 35.5. The molecule has 1 aliphatic rings. The van der Waals surface area contributed by atoms with Crippen LogP contribution < -0.4 is 0 Å². The minimum Gasteiger partial charge on any atom is -0.439 e.